The van der Waals surface area contributed by atoms with E-state index in [-0.39, 0.29) is 0 Å². The molecular weight excluding hydrogens is 266 g/mol. The number of piperazine rings is 1. The third kappa shape index (κ3) is 3.05. The molecule has 2 unspecified atom stereocenters. The van der Waals surface area contributed by atoms with Crippen LogP contribution in [0.5, 0.6) is 0 Å². The Hall–Kier alpha value is -0.160. The molecule has 0 bridgehead atoms. The zero-order valence-electron chi connectivity index (χ0n) is 11.4. The number of alkyl halides is 1. The van der Waals surface area contributed by atoms with Crippen molar-refractivity contribution in [3.8, 4) is 0 Å². The second kappa shape index (κ2) is 6.33. The molecule has 1 saturated heterocycles. The Morgan fingerprint density at radius 3 is 2.94 bits per heavy atom. The van der Waals surface area contributed by atoms with Gasteiger partial charge in [-0.25, -0.2) is 4.98 Å². The molecule has 0 saturated carbocycles. The van der Waals surface area contributed by atoms with Crippen molar-refractivity contribution in [3.63, 3.8) is 0 Å². The average Bonchev–Trinajstić information content (AvgIpc) is 2.87. The van der Waals surface area contributed by atoms with E-state index in [1.54, 1.807) is 11.3 Å². The monoisotopic (exact) mass is 287 g/mol. The van der Waals surface area contributed by atoms with Crippen molar-refractivity contribution in [2.75, 3.05) is 26.7 Å². The fraction of sp³-hybridized carbons (Fsp3) is 0.769. The zero-order valence-corrected chi connectivity index (χ0v) is 13.0. The summed E-state index contributed by atoms with van der Waals surface area (Å²) in [4.78, 5) is 9.62. The van der Waals surface area contributed by atoms with E-state index in [9.17, 15) is 0 Å². The molecule has 1 aliphatic rings. The third-order valence-electron chi connectivity index (χ3n) is 3.89. The van der Waals surface area contributed by atoms with Crippen molar-refractivity contribution < 1.29 is 0 Å². The Balaban J connectivity index is 2.02. The van der Waals surface area contributed by atoms with Gasteiger partial charge in [0.1, 0.15) is 5.01 Å². The van der Waals surface area contributed by atoms with Crippen molar-refractivity contribution in [1.82, 2.24) is 14.8 Å². The lowest BCUT2D eigenvalue weighted by atomic mass is 10.1. The molecule has 5 heteroatoms. The van der Waals surface area contributed by atoms with E-state index in [0.717, 1.165) is 25.3 Å². The maximum atomic E-state index is 5.82. The molecule has 0 spiro atoms. The van der Waals surface area contributed by atoms with Crippen LogP contribution < -0.4 is 0 Å². The van der Waals surface area contributed by atoms with E-state index in [4.69, 9.17) is 11.6 Å². The second-order valence-electron chi connectivity index (χ2n) is 5.02. The Morgan fingerprint density at radius 2 is 2.33 bits per heavy atom. The topological polar surface area (TPSA) is 19.4 Å². The minimum atomic E-state index is 0.412. The normalized spacial score (nSPS) is 24.3. The van der Waals surface area contributed by atoms with Gasteiger partial charge in [-0.15, -0.1) is 22.9 Å². The van der Waals surface area contributed by atoms with Crippen LogP contribution in [-0.2, 0) is 5.88 Å². The van der Waals surface area contributed by atoms with Crippen LogP contribution >= 0.6 is 22.9 Å². The SMILES string of the molecule is CCC1CN(C(C)c2nc(CCl)cs2)CCN1C. The first-order chi connectivity index (χ1) is 8.65. The van der Waals surface area contributed by atoms with Gasteiger partial charge in [-0.05, 0) is 20.4 Å². The van der Waals surface area contributed by atoms with Crippen molar-refractivity contribution in [2.45, 2.75) is 38.2 Å². The highest BCUT2D eigenvalue weighted by molar-refractivity contribution is 7.09. The molecule has 2 rings (SSSR count). The van der Waals surface area contributed by atoms with Gasteiger partial charge in [-0.1, -0.05) is 6.92 Å². The van der Waals surface area contributed by atoms with Crippen LogP contribution in [-0.4, -0.2) is 47.5 Å². The summed E-state index contributed by atoms with van der Waals surface area (Å²) in [5.74, 6) is 0.517. The molecule has 1 fully saturated rings. The van der Waals surface area contributed by atoms with Gasteiger partial charge in [0.2, 0.25) is 0 Å². The molecule has 2 atom stereocenters. The lowest BCUT2D eigenvalue weighted by molar-refractivity contribution is 0.0673. The Kier molecular flexibility index (Phi) is 5.01. The third-order valence-corrected chi connectivity index (χ3v) is 5.23. The van der Waals surface area contributed by atoms with E-state index in [1.807, 2.05) is 0 Å². The minimum Gasteiger partial charge on any atom is -0.301 e. The minimum absolute atomic E-state index is 0.412. The van der Waals surface area contributed by atoms with Crippen LogP contribution in [0.25, 0.3) is 0 Å². The van der Waals surface area contributed by atoms with E-state index in [1.165, 1.54) is 11.4 Å². The summed E-state index contributed by atoms with van der Waals surface area (Å²) >= 11 is 7.55. The van der Waals surface area contributed by atoms with E-state index in [0.29, 0.717) is 18.0 Å². The van der Waals surface area contributed by atoms with Gasteiger partial charge in [0.25, 0.3) is 0 Å². The van der Waals surface area contributed by atoms with Gasteiger partial charge in [-0.3, -0.25) is 4.90 Å². The summed E-state index contributed by atoms with van der Waals surface area (Å²) in [6, 6.07) is 1.09. The molecule has 102 valence electrons. The quantitative estimate of drug-likeness (QED) is 0.794. The Labute approximate surface area is 119 Å². The maximum absolute atomic E-state index is 5.82. The van der Waals surface area contributed by atoms with E-state index in [2.05, 4.69) is 41.1 Å². The van der Waals surface area contributed by atoms with Gasteiger partial charge < -0.3 is 4.90 Å². The predicted molar refractivity (Wildman–Crippen MR) is 78.4 cm³/mol. The number of nitrogens with zero attached hydrogens (tertiary/aromatic N) is 3. The molecule has 2 heterocycles. The second-order valence-corrected chi connectivity index (χ2v) is 6.18. The molecule has 0 aromatic carbocycles. The molecule has 0 amide bonds. The van der Waals surface area contributed by atoms with Gasteiger partial charge in [-0.2, -0.15) is 0 Å². The lowest BCUT2D eigenvalue weighted by Crippen LogP contribution is -2.51. The highest BCUT2D eigenvalue weighted by Gasteiger charge is 2.27. The van der Waals surface area contributed by atoms with Gasteiger partial charge >= 0.3 is 0 Å². The fourth-order valence-corrected chi connectivity index (χ4v) is 3.63. The zero-order chi connectivity index (χ0) is 13.1. The van der Waals surface area contributed by atoms with Crippen LogP contribution in [0.15, 0.2) is 5.38 Å². The van der Waals surface area contributed by atoms with Crippen LogP contribution in [0.1, 0.15) is 37.0 Å². The largest absolute Gasteiger partial charge is 0.301 e. The molecular formula is C13H22ClN3S. The number of hydrogen-bond donors (Lipinski definition) is 0. The summed E-state index contributed by atoms with van der Waals surface area (Å²) in [6.45, 7) is 7.95. The summed E-state index contributed by atoms with van der Waals surface area (Å²) in [7, 11) is 2.23. The average molecular weight is 288 g/mol. The van der Waals surface area contributed by atoms with Crippen LogP contribution in [0.3, 0.4) is 0 Å². The van der Waals surface area contributed by atoms with E-state index >= 15 is 0 Å². The molecule has 1 aliphatic heterocycles. The maximum Gasteiger partial charge on any atom is 0.110 e. The fourth-order valence-electron chi connectivity index (χ4n) is 2.49. The number of rotatable bonds is 4. The Bertz CT molecular complexity index is 382. The van der Waals surface area contributed by atoms with Crippen molar-refractivity contribution >= 4 is 22.9 Å². The van der Waals surface area contributed by atoms with Crippen LogP contribution in [0, 0.1) is 0 Å². The van der Waals surface area contributed by atoms with Crippen molar-refractivity contribution in [3.05, 3.63) is 16.1 Å². The molecule has 18 heavy (non-hydrogen) atoms. The summed E-state index contributed by atoms with van der Waals surface area (Å²) in [5.41, 5.74) is 1.00. The van der Waals surface area contributed by atoms with E-state index < -0.39 is 0 Å². The van der Waals surface area contributed by atoms with Gasteiger partial charge in [0, 0.05) is 31.1 Å². The number of thiazole rings is 1. The molecule has 0 radical (unpaired) electrons. The van der Waals surface area contributed by atoms with Gasteiger partial charge in [0.05, 0.1) is 17.6 Å². The first-order valence-corrected chi connectivity index (χ1v) is 8.01. The standard InChI is InChI=1S/C13H22ClN3S/c1-4-12-8-17(6-5-16(12)3)10(2)13-15-11(7-14)9-18-13/h9-10,12H,4-8H2,1-3H3. The predicted octanol–water partition coefficient (Wildman–Crippen LogP) is 2.97. The molecule has 1 aromatic heterocycles. The first-order valence-electron chi connectivity index (χ1n) is 6.60. The number of halogens is 1. The Morgan fingerprint density at radius 1 is 1.56 bits per heavy atom. The summed E-state index contributed by atoms with van der Waals surface area (Å²) in [6.07, 6.45) is 1.21. The van der Waals surface area contributed by atoms with Crippen molar-refractivity contribution in [2.24, 2.45) is 0 Å². The molecule has 0 aliphatic carbocycles. The smallest absolute Gasteiger partial charge is 0.110 e. The number of aromatic nitrogens is 1. The van der Waals surface area contributed by atoms with Gasteiger partial charge in [0.15, 0.2) is 0 Å². The highest BCUT2D eigenvalue weighted by Crippen LogP contribution is 2.26. The number of likely N-dealkylation sites (N-methyl/N-ethyl adjacent to an activating group) is 1. The molecule has 1 aromatic rings. The van der Waals surface area contributed by atoms with Crippen molar-refractivity contribution in [1.29, 1.82) is 0 Å². The van der Waals surface area contributed by atoms with Crippen LogP contribution in [0.2, 0.25) is 0 Å². The lowest BCUT2D eigenvalue weighted by Gasteiger charge is -2.41. The summed E-state index contributed by atoms with van der Waals surface area (Å²) < 4.78 is 0. The number of hydrogen-bond acceptors (Lipinski definition) is 4. The van der Waals surface area contributed by atoms with Crippen LogP contribution in [0.4, 0.5) is 0 Å². The first kappa shape index (κ1) is 14.3. The molecule has 0 N–H and O–H groups in total. The summed E-state index contributed by atoms with van der Waals surface area (Å²) in [5, 5.41) is 3.27. The highest BCUT2D eigenvalue weighted by atomic mass is 35.5. The molecule has 3 nitrogen and oxygen atoms in total.